The zero-order chi connectivity index (χ0) is 26.0. The molecule has 0 unspecified atom stereocenters. The fourth-order valence-corrected chi connectivity index (χ4v) is 10.2. The first kappa shape index (κ1) is 29.4. The molecule has 0 amide bonds. The number of rotatable bonds is 11. The molecule has 0 spiro atoms. The maximum atomic E-state index is 12.6. The van der Waals surface area contributed by atoms with E-state index in [1.54, 1.807) is 6.92 Å². The van der Waals surface area contributed by atoms with E-state index in [1.165, 1.54) is 24.3 Å². The van der Waals surface area contributed by atoms with E-state index in [2.05, 4.69) is 4.74 Å². The molecule has 2 atom stereocenters. The van der Waals surface area contributed by atoms with Crippen molar-refractivity contribution in [3.8, 4) is 0 Å². The highest BCUT2D eigenvalue weighted by molar-refractivity contribution is 8.04. The van der Waals surface area contributed by atoms with Crippen LogP contribution >= 0.6 is 0 Å². The summed E-state index contributed by atoms with van der Waals surface area (Å²) in [5.41, 5.74) is 0.00892. The van der Waals surface area contributed by atoms with Gasteiger partial charge in [-0.1, -0.05) is 32.9 Å². The minimum Gasteiger partial charge on any atom is -0.465 e. The van der Waals surface area contributed by atoms with E-state index in [9.17, 15) is 38.5 Å². The van der Waals surface area contributed by atoms with Crippen LogP contribution in [0.15, 0.2) is 24.3 Å². The summed E-state index contributed by atoms with van der Waals surface area (Å²) < 4.78 is 105. The van der Waals surface area contributed by atoms with Crippen molar-refractivity contribution in [1.29, 1.82) is 0 Å². The quantitative estimate of drug-likeness (QED) is 0.346. The van der Waals surface area contributed by atoms with Crippen LogP contribution in [0.1, 0.15) is 41.7 Å². The van der Waals surface area contributed by atoms with E-state index in [-0.39, 0.29) is 31.4 Å². The fourth-order valence-electron chi connectivity index (χ4n) is 3.49. The predicted octanol–water partition coefficient (Wildman–Crippen LogP) is 0.125. The Hall–Kier alpha value is -1.59. The molecule has 16 heteroatoms. The number of ether oxygens (including phenoxy) is 1. The number of nitrogens with zero attached hydrogens (tertiary/aromatic N) is 2. The number of esters is 1. The fraction of sp³-hybridized carbons (Fsp3) is 0.588. The van der Waals surface area contributed by atoms with Gasteiger partial charge >= 0.3 is 5.97 Å². The second kappa shape index (κ2) is 10.4. The van der Waals surface area contributed by atoms with Gasteiger partial charge in [-0.15, -0.1) is 0 Å². The number of hydrogen-bond acceptors (Lipinski definition) is 10. The molecule has 0 aliphatic rings. The van der Waals surface area contributed by atoms with Crippen LogP contribution in [0.4, 0.5) is 0 Å². The number of benzene rings is 1. The topological polar surface area (TPSA) is 169 Å². The van der Waals surface area contributed by atoms with Gasteiger partial charge in [0.2, 0.25) is 40.1 Å². The van der Waals surface area contributed by atoms with Crippen LogP contribution in [-0.2, 0) is 44.8 Å². The van der Waals surface area contributed by atoms with E-state index >= 15 is 0 Å². The van der Waals surface area contributed by atoms with Crippen LogP contribution in [0.3, 0.4) is 0 Å². The van der Waals surface area contributed by atoms with Crippen molar-refractivity contribution in [3.05, 3.63) is 35.4 Å². The van der Waals surface area contributed by atoms with Crippen LogP contribution in [0.25, 0.3) is 0 Å². The Bertz CT molecular complexity index is 1220. The van der Waals surface area contributed by atoms with Gasteiger partial charge in [-0.05, 0) is 24.1 Å². The van der Waals surface area contributed by atoms with Gasteiger partial charge < -0.3 is 4.74 Å². The highest BCUT2D eigenvalue weighted by atomic mass is 32.3. The molecule has 190 valence electrons. The maximum absolute atomic E-state index is 12.6. The van der Waals surface area contributed by atoms with Crippen molar-refractivity contribution >= 4 is 46.1 Å². The van der Waals surface area contributed by atoms with Crippen LogP contribution in [0, 0.1) is 0 Å². The number of carbonyl (C=O) groups excluding carboxylic acids is 1. The van der Waals surface area contributed by atoms with Gasteiger partial charge in [-0.2, -0.15) is 0 Å². The van der Waals surface area contributed by atoms with Gasteiger partial charge in [0, 0.05) is 0 Å². The van der Waals surface area contributed by atoms with Crippen molar-refractivity contribution in [2.45, 2.75) is 31.8 Å². The SMILES string of the molecule is CCC[C@H]([C@H](c1ccc(C(=O)OC)cc1)N(S(C)(=O)=O)S(C)(=O)=O)N(S(C)(=O)=O)S(C)(=O)=O. The molecule has 1 rings (SSSR count). The number of methoxy groups -OCH3 is 1. The van der Waals surface area contributed by atoms with Crippen molar-refractivity contribution < 1.29 is 43.2 Å². The Morgan fingerprint density at radius 2 is 1.18 bits per heavy atom. The standard InChI is InChI=1S/C17H28N2O10S4/c1-7-8-15(18(30(3,21)22)31(4,23)24)16(19(32(5,25)26)33(6,27)28)13-9-11-14(12-10-13)17(20)29-2/h9-12,15-16H,7-8H2,1-6H3/t15-,16+/m1/s1. The summed E-state index contributed by atoms with van der Waals surface area (Å²) in [4.78, 5) is 11.8. The third-order valence-corrected chi connectivity index (χ3v) is 11.3. The lowest BCUT2D eigenvalue weighted by atomic mass is 9.96. The zero-order valence-corrected chi connectivity index (χ0v) is 22.3. The van der Waals surface area contributed by atoms with Crippen LogP contribution < -0.4 is 0 Å². The molecule has 0 saturated carbocycles. The highest BCUT2D eigenvalue weighted by Crippen LogP contribution is 2.36. The van der Waals surface area contributed by atoms with Crippen LogP contribution in [-0.4, -0.2) is 85.2 Å². The highest BCUT2D eigenvalue weighted by Gasteiger charge is 2.47. The van der Waals surface area contributed by atoms with Crippen molar-refractivity contribution in [3.63, 3.8) is 0 Å². The Morgan fingerprint density at radius 3 is 1.48 bits per heavy atom. The Kier molecular flexibility index (Phi) is 9.23. The molecule has 0 aliphatic heterocycles. The Morgan fingerprint density at radius 1 is 0.788 bits per heavy atom. The first-order valence-electron chi connectivity index (χ1n) is 9.34. The molecule has 1 aromatic carbocycles. The molecule has 0 aliphatic carbocycles. The second-order valence-electron chi connectivity index (χ2n) is 7.42. The predicted molar refractivity (Wildman–Crippen MR) is 122 cm³/mol. The summed E-state index contributed by atoms with van der Waals surface area (Å²) in [7, 11) is -16.9. The molecule has 0 heterocycles. The lowest BCUT2D eigenvalue weighted by Gasteiger charge is -2.38. The largest absolute Gasteiger partial charge is 0.465 e. The third-order valence-electron chi connectivity index (χ3n) is 4.43. The molecular weight excluding hydrogens is 520 g/mol. The van der Waals surface area contributed by atoms with Gasteiger partial charge in [-0.3, -0.25) is 0 Å². The van der Waals surface area contributed by atoms with E-state index < -0.39 is 58.1 Å². The molecule has 1 aromatic rings. The van der Waals surface area contributed by atoms with Crippen molar-refractivity contribution in [2.75, 3.05) is 32.1 Å². The maximum Gasteiger partial charge on any atom is 0.337 e. The summed E-state index contributed by atoms with van der Waals surface area (Å²) in [6.45, 7) is 1.60. The summed E-state index contributed by atoms with van der Waals surface area (Å²) in [5, 5.41) is 0. The monoisotopic (exact) mass is 548 g/mol. The first-order valence-corrected chi connectivity index (χ1v) is 16.7. The summed E-state index contributed by atoms with van der Waals surface area (Å²) in [6, 6.07) is 1.45. The van der Waals surface area contributed by atoms with Gasteiger partial charge in [0.05, 0.1) is 49.8 Å². The number of sulfonamides is 4. The zero-order valence-electron chi connectivity index (χ0n) is 19.0. The molecular formula is C17H28N2O10S4. The molecule has 0 aromatic heterocycles. The van der Waals surface area contributed by atoms with Crippen LogP contribution in [0.2, 0.25) is 0 Å². The minimum atomic E-state index is -4.55. The first-order chi connectivity index (χ1) is 14.8. The lowest BCUT2D eigenvalue weighted by molar-refractivity contribution is 0.0600. The Balaban J connectivity index is 4.09. The van der Waals surface area contributed by atoms with Gasteiger partial charge in [-0.25, -0.2) is 38.5 Å². The molecule has 0 N–H and O–H groups in total. The van der Waals surface area contributed by atoms with E-state index in [0.29, 0.717) is 25.0 Å². The normalized spacial score (nSPS) is 15.4. The van der Waals surface area contributed by atoms with Crippen LogP contribution in [0.5, 0.6) is 0 Å². The van der Waals surface area contributed by atoms with Gasteiger partial charge in [0.1, 0.15) is 0 Å². The van der Waals surface area contributed by atoms with Crippen molar-refractivity contribution in [2.24, 2.45) is 0 Å². The minimum absolute atomic E-state index is 0.0470. The van der Waals surface area contributed by atoms with Gasteiger partial charge in [0.25, 0.3) is 0 Å². The summed E-state index contributed by atoms with van der Waals surface area (Å²) in [5.74, 6) is -0.722. The smallest absolute Gasteiger partial charge is 0.337 e. The molecule has 0 bridgehead atoms. The Labute approximate surface area is 195 Å². The molecule has 0 saturated heterocycles. The van der Waals surface area contributed by atoms with E-state index in [4.69, 9.17) is 0 Å². The molecule has 0 fully saturated rings. The molecule has 33 heavy (non-hydrogen) atoms. The average molecular weight is 549 g/mol. The second-order valence-corrected chi connectivity index (χ2v) is 15.3. The van der Waals surface area contributed by atoms with E-state index in [0.717, 1.165) is 7.11 Å². The number of carbonyl (C=O) groups is 1. The summed E-state index contributed by atoms with van der Waals surface area (Å²) in [6.07, 6.45) is 2.45. The van der Waals surface area contributed by atoms with Crippen molar-refractivity contribution in [1.82, 2.24) is 7.42 Å². The molecule has 0 radical (unpaired) electrons. The number of hydrogen-bond donors (Lipinski definition) is 0. The van der Waals surface area contributed by atoms with E-state index in [1.807, 2.05) is 0 Å². The molecule has 12 nitrogen and oxygen atoms in total. The van der Waals surface area contributed by atoms with Gasteiger partial charge in [0.15, 0.2) is 0 Å². The summed E-state index contributed by atoms with van der Waals surface area (Å²) >= 11 is 0. The average Bonchev–Trinajstić information content (AvgIpc) is 2.61. The third kappa shape index (κ3) is 7.45. The lowest BCUT2D eigenvalue weighted by Crippen LogP contribution is -2.53.